The summed E-state index contributed by atoms with van der Waals surface area (Å²) in [7, 11) is 0. The van der Waals surface area contributed by atoms with E-state index in [2.05, 4.69) is 176 Å². The topological polar surface area (TPSA) is 56.7 Å². The summed E-state index contributed by atoms with van der Waals surface area (Å²) in [5, 5.41) is 4.46. The molecular formula is C54H36N4O. The molecule has 59 heavy (non-hydrogen) atoms. The van der Waals surface area contributed by atoms with Gasteiger partial charge in [-0.1, -0.05) is 159 Å². The Hall–Kier alpha value is -7.63. The first-order chi connectivity index (χ1) is 29.0. The lowest BCUT2D eigenvalue weighted by atomic mass is 9.81. The summed E-state index contributed by atoms with van der Waals surface area (Å²) in [4.78, 5) is 15.8. The Morgan fingerprint density at radius 2 is 1.00 bits per heavy atom. The maximum atomic E-state index is 6.65. The van der Waals surface area contributed by atoms with E-state index in [9.17, 15) is 0 Å². The van der Waals surface area contributed by atoms with Gasteiger partial charge in [-0.25, -0.2) is 4.98 Å². The Morgan fingerprint density at radius 1 is 0.424 bits per heavy atom. The molecule has 0 N–H and O–H groups in total. The number of para-hydroxylation sites is 1. The number of rotatable bonds is 5. The summed E-state index contributed by atoms with van der Waals surface area (Å²) in [5.41, 5.74) is 15.1. The van der Waals surface area contributed by atoms with E-state index in [1.165, 1.54) is 38.8 Å². The van der Waals surface area contributed by atoms with Crippen LogP contribution in [-0.4, -0.2) is 19.5 Å². The van der Waals surface area contributed by atoms with Crippen LogP contribution in [0.5, 0.6) is 0 Å². The second-order valence-corrected chi connectivity index (χ2v) is 16.0. The third-order valence-electron chi connectivity index (χ3n) is 12.2. The first-order valence-electron chi connectivity index (χ1n) is 20.1. The highest BCUT2D eigenvalue weighted by molar-refractivity contribution is 6.13. The lowest BCUT2D eigenvalue weighted by Crippen LogP contribution is -2.17. The Bertz CT molecular complexity index is 3470. The van der Waals surface area contributed by atoms with Crippen LogP contribution in [-0.2, 0) is 5.41 Å². The summed E-state index contributed by atoms with van der Waals surface area (Å²) in [6.45, 7) is 4.67. The van der Waals surface area contributed by atoms with Crippen molar-refractivity contribution in [1.82, 2.24) is 19.5 Å². The minimum Gasteiger partial charge on any atom is -0.456 e. The fourth-order valence-corrected chi connectivity index (χ4v) is 9.43. The Morgan fingerprint density at radius 3 is 1.78 bits per heavy atom. The molecule has 12 rings (SSSR count). The molecule has 5 nitrogen and oxygen atoms in total. The third kappa shape index (κ3) is 5.14. The van der Waals surface area contributed by atoms with Gasteiger partial charge < -0.3 is 4.42 Å². The van der Waals surface area contributed by atoms with E-state index in [1.807, 2.05) is 24.3 Å². The normalized spacial score (nSPS) is 13.1. The van der Waals surface area contributed by atoms with Gasteiger partial charge in [0.15, 0.2) is 11.6 Å². The van der Waals surface area contributed by atoms with Crippen molar-refractivity contribution < 1.29 is 4.42 Å². The van der Waals surface area contributed by atoms with Crippen molar-refractivity contribution in [3.8, 4) is 62.1 Å². The zero-order valence-electron chi connectivity index (χ0n) is 32.5. The Labute approximate surface area is 340 Å². The summed E-state index contributed by atoms with van der Waals surface area (Å²) in [5.74, 6) is 1.77. The predicted octanol–water partition coefficient (Wildman–Crippen LogP) is 13.8. The van der Waals surface area contributed by atoms with E-state index in [1.54, 1.807) is 0 Å². The molecular weight excluding hydrogens is 721 g/mol. The van der Waals surface area contributed by atoms with Gasteiger partial charge in [0.05, 0.1) is 11.0 Å². The SMILES string of the molecule is CC1(C)c2ccccc2-c2ccc3c4ccccc4n(-c4nc(-c5ccccc5)nc(-c5ccc6c(c5)oc5cc(-c7cccc(-c8ccccc8)c7)ccc56)n4)c3c21. The molecule has 3 aromatic heterocycles. The Balaban J connectivity index is 1.04. The highest BCUT2D eigenvalue weighted by Gasteiger charge is 2.38. The quantitative estimate of drug-likeness (QED) is 0.175. The van der Waals surface area contributed by atoms with Crippen LogP contribution < -0.4 is 0 Å². The van der Waals surface area contributed by atoms with Crippen LogP contribution in [0.4, 0.5) is 0 Å². The predicted molar refractivity (Wildman–Crippen MR) is 241 cm³/mol. The molecule has 0 radical (unpaired) electrons. The molecule has 0 unspecified atom stereocenters. The zero-order chi connectivity index (χ0) is 39.2. The number of fused-ring (bicyclic) bond motifs is 10. The van der Waals surface area contributed by atoms with Gasteiger partial charge in [-0.05, 0) is 80.9 Å². The smallest absolute Gasteiger partial charge is 0.238 e. The van der Waals surface area contributed by atoms with Gasteiger partial charge in [0.1, 0.15) is 11.2 Å². The zero-order valence-corrected chi connectivity index (χ0v) is 32.5. The van der Waals surface area contributed by atoms with Crippen molar-refractivity contribution in [2.75, 3.05) is 0 Å². The summed E-state index contributed by atoms with van der Waals surface area (Å²) in [6, 6.07) is 64.1. The molecule has 1 aliphatic carbocycles. The summed E-state index contributed by atoms with van der Waals surface area (Å²) >= 11 is 0. The fourth-order valence-electron chi connectivity index (χ4n) is 9.43. The highest BCUT2D eigenvalue weighted by Crippen LogP contribution is 2.53. The molecule has 0 atom stereocenters. The maximum absolute atomic E-state index is 6.65. The van der Waals surface area contributed by atoms with Gasteiger partial charge in [0.2, 0.25) is 5.95 Å². The third-order valence-corrected chi connectivity index (χ3v) is 12.2. The molecule has 11 aromatic rings. The van der Waals surface area contributed by atoms with E-state index in [0.29, 0.717) is 17.6 Å². The molecule has 0 saturated heterocycles. The van der Waals surface area contributed by atoms with Crippen molar-refractivity contribution in [3.63, 3.8) is 0 Å². The number of nitrogens with zero attached hydrogens (tertiary/aromatic N) is 4. The molecule has 1 aliphatic rings. The van der Waals surface area contributed by atoms with Crippen LogP contribution >= 0.6 is 0 Å². The van der Waals surface area contributed by atoms with E-state index in [-0.39, 0.29) is 5.41 Å². The fraction of sp³-hybridized carbons (Fsp3) is 0.0556. The maximum Gasteiger partial charge on any atom is 0.238 e. The lowest BCUT2D eigenvalue weighted by Gasteiger charge is -2.23. The largest absolute Gasteiger partial charge is 0.456 e. The second-order valence-electron chi connectivity index (χ2n) is 16.0. The summed E-state index contributed by atoms with van der Waals surface area (Å²) in [6.07, 6.45) is 0. The van der Waals surface area contributed by atoms with Crippen molar-refractivity contribution in [3.05, 3.63) is 193 Å². The first-order valence-corrected chi connectivity index (χ1v) is 20.1. The van der Waals surface area contributed by atoms with Crippen LogP contribution in [0.2, 0.25) is 0 Å². The number of hydrogen-bond acceptors (Lipinski definition) is 4. The van der Waals surface area contributed by atoms with Crippen molar-refractivity contribution >= 4 is 43.7 Å². The van der Waals surface area contributed by atoms with Crippen molar-refractivity contribution in [2.45, 2.75) is 19.3 Å². The molecule has 0 aliphatic heterocycles. The van der Waals surface area contributed by atoms with Crippen molar-refractivity contribution in [1.29, 1.82) is 0 Å². The number of benzene rings is 8. The van der Waals surface area contributed by atoms with Crippen LogP contribution in [0.15, 0.2) is 186 Å². The molecule has 0 fully saturated rings. The highest BCUT2D eigenvalue weighted by atomic mass is 16.3. The Kier molecular flexibility index (Phi) is 7.20. The minimum absolute atomic E-state index is 0.243. The minimum atomic E-state index is -0.243. The first kappa shape index (κ1) is 33.5. The van der Waals surface area contributed by atoms with Gasteiger partial charge >= 0.3 is 0 Å². The molecule has 0 saturated carbocycles. The van der Waals surface area contributed by atoms with Crippen LogP contribution in [0.3, 0.4) is 0 Å². The monoisotopic (exact) mass is 756 g/mol. The van der Waals surface area contributed by atoms with E-state index in [0.717, 1.165) is 60.6 Å². The number of aromatic nitrogens is 4. The number of hydrogen-bond donors (Lipinski definition) is 0. The molecule has 8 aromatic carbocycles. The van der Waals surface area contributed by atoms with E-state index < -0.39 is 0 Å². The lowest BCUT2D eigenvalue weighted by molar-refractivity contribution is 0.663. The average molecular weight is 757 g/mol. The molecule has 278 valence electrons. The van der Waals surface area contributed by atoms with Crippen LogP contribution in [0.25, 0.3) is 106 Å². The van der Waals surface area contributed by atoms with Gasteiger partial charge in [-0.2, -0.15) is 9.97 Å². The summed E-state index contributed by atoms with van der Waals surface area (Å²) < 4.78 is 8.92. The molecule has 5 heteroatoms. The van der Waals surface area contributed by atoms with E-state index in [4.69, 9.17) is 19.4 Å². The molecule has 0 bridgehead atoms. The standard InChI is InChI=1S/C54H36N4O/c1-54(2)45-22-11-9-20-39(45)43-28-29-44-40-21-10-12-23-46(40)58(50(44)49(43)54)53-56-51(34-16-7-4-8-17-34)55-52(57-53)38-25-27-42-41-26-24-37(31-47(41)59-48(42)32-38)36-19-13-18-35(30-36)33-14-5-3-6-15-33/h3-32H,1-2H3. The van der Waals surface area contributed by atoms with Gasteiger partial charge in [-0.3, -0.25) is 4.57 Å². The average Bonchev–Trinajstić information content (AvgIpc) is 3.91. The van der Waals surface area contributed by atoms with Crippen LogP contribution in [0, 0.1) is 0 Å². The molecule has 3 heterocycles. The molecule has 0 spiro atoms. The van der Waals surface area contributed by atoms with Gasteiger partial charge in [0, 0.05) is 38.1 Å². The number of furan rings is 1. The van der Waals surface area contributed by atoms with E-state index >= 15 is 0 Å². The second kappa shape index (κ2) is 12.7. The van der Waals surface area contributed by atoms with Gasteiger partial charge in [0.25, 0.3) is 0 Å². The van der Waals surface area contributed by atoms with Crippen LogP contribution in [0.1, 0.15) is 25.0 Å². The van der Waals surface area contributed by atoms with Crippen molar-refractivity contribution in [2.24, 2.45) is 0 Å². The van der Waals surface area contributed by atoms with Gasteiger partial charge in [-0.15, -0.1) is 0 Å². The molecule has 0 amide bonds.